The minimum atomic E-state index is -4.03. The zero-order valence-corrected chi connectivity index (χ0v) is 10.4. The highest BCUT2D eigenvalue weighted by molar-refractivity contribution is 7.47. The van der Waals surface area contributed by atoms with Crippen molar-refractivity contribution in [2.75, 3.05) is 11.8 Å². The van der Waals surface area contributed by atoms with Gasteiger partial charge in [0.25, 0.3) is 0 Å². The van der Waals surface area contributed by atoms with Gasteiger partial charge in [0.1, 0.15) is 0 Å². The van der Waals surface area contributed by atoms with Crippen LogP contribution in [0.15, 0.2) is 24.7 Å². The van der Waals surface area contributed by atoms with Gasteiger partial charge in [0, 0.05) is 11.8 Å². The van der Waals surface area contributed by atoms with Crippen LogP contribution in [0.25, 0.3) is 0 Å². The van der Waals surface area contributed by atoms with Crippen molar-refractivity contribution in [1.82, 2.24) is 0 Å². The number of hydrogen-bond donors (Lipinski definition) is 1. The molecule has 0 saturated heterocycles. The minimum Gasteiger partial charge on any atom is -0.404 e. The Labute approximate surface area is 99.1 Å². The summed E-state index contributed by atoms with van der Waals surface area (Å²) >= 11 is 10.8. The van der Waals surface area contributed by atoms with Crippen molar-refractivity contribution < 1.29 is 18.5 Å². The molecule has 4 nitrogen and oxygen atoms in total. The van der Waals surface area contributed by atoms with Crippen LogP contribution >= 0.6 is 31.0 Å². The molecule has 0 heterocycles. The Bertz CT molecular complexity index is 233. The third kappa shape index (κ3) is 10.1. The number of phosphoric ester groups is 1. The van der Waals surface area contributed by atoms with E-state index in [1.807, 2.05) is 0 Å². The average molecular weight is 275 g/mol. The molecule has 0 aromatic heterocycles. The largest absolute Gasteiger partial charge is 0.583 e. The summed E-state index contributed by atoms with van der Waals surface area (Å²) in [5.74, 6) is 0.845. The second-order valence-electron chi connectivity index (χ2n) is 2.38. The molecule has 0 radical (unpaired) electrons. The van der Waals surface area contributed by atoms with Crippen molar-refractivity contribution in [3.8, 4) is 0 Å². The van der Waals surface area contributed by atoms with Gasteiger partial charge in [-0.15, -0.1) is 23.2 Å². The molecule has 7 heteroatoms. The first-order valence-corrected chi connectivity index (χ1v) is 6.80. The van der Waals surface area contributed by atoms with Gasteiger partial charge in [-0.2, -0.15) is 0 Å². The molecule has 0 bridgehead atoms. The molecule has 0 aliphatic rings. The summed E-state index contributed by atoms with van der Waals surface area (Å²) in [6.07, 6.45) is 6.37. The highest BCUT2D eigenvalue weighted by Gasteiger charge is 2.19. The lowest BCUT2D eigenvalue weighted by atomic mass is 10.5. The van der Waals surface area contributed by atoms with Gasteiger partial charge in [-0.1, -0.05) is 0 Å². The summed E-state index contributed by atoms with van der Waals surface area (Å²) in [6, 6.07) is 0. The van der Waals surface area contributed by atoms with E-state index in [9.17, 15) is 4.57 Å². The van der Waals surface area contributed by atoms with Gasteiger partial charge in [-0.3, -0.25) is 4.89 Å². The van der Waals surface area contributed by atoms with Crippen LogP contribution < -0.4 is 0 Å². The second kappa shape index (κ2) is 9.10. The lowest BCUT2D eigenvalue weighted by molar-refractivity contribution is 0.243. The van der Waals surface area contributed by atoms with Gasteiger partial charge in [0.15, 0.2) is 0 Å². The van der Waals surface area contributed by atoms with Crippen LogP contribution in [0, 0.1) is 0 Å². The molecule has 0 aliphatic heterocycles. The van der Waals surface area contributed by atoms with E-state index < -0.39 is 7.82 Å². The van der Waals surface area contributed by atoms with Crippen molar-refractivity contribution in [1.29, 1.82) is 0 Å². The lowest BCUT2D eigenvalue weighted by Gasteiger charge is -2.06. The number of rotatable bonds is 8. The minimum absolute atomic E-state index is 0.423. The number of phosphoric acid groups is 1. The van der Waals surface area contributed by atoms with E-state index in [1.54, 1.807) is 0 Å². The van der Waals surface area contributed by atoms with E-state index in [2.05, 4.69) is 9.05 Å². The van der Waals surface area contributed by atoms with Gasteiger partial charge in [0.2, 0.25) is 0 Å². The SMILES string of the molecule is O=P(O)(OC=CCCCl)OC=CCCCl. The molecule has 1 N–H and O–H groups in total. The van der Waals surface area contributed by atoms with Crippen LogP contribution in [-0.4, -0.2) is 16.7 Å². The first kappa shape index (κ1) is 14.8. The van der Waals surface area contributed by atoms with E-state index in [1.165, 1.54) is 12.2 Å². The summed E-state index contributed by atoms with van der Waals surface area (Å²) in [7, 11) is -4.03. The van der Waals surface area contributed by atoms with Crippen molar-refractivity contribution in [2.24, 2.45) is 0 Å². The van der Waals surface area contributed by atoms with Crippen molar-refractivity contribution in [3.05, 3.63) is 24.7 Å². The van der Waals surface area contributed by atoms with Crippen LogP contribution in [0.3, 0.4) is 0 Å². The summed E-state index contributed by atoms with van der Waals surface area (Å²) in [6.45, 7) is 0. The van der Waals surface area contributed by atoms with Crippen molar-refractivity contribution in [3.63, 3.8) is 0 Å². The summed E-state index contributed by atoms with van der Waals surface area (Å²) < 4.78 is 20.0. The van der Waals surface area contributed by atoms with Gasteiger partial charge in [-0.25, -0.2) is 4.57 Å². The van der Waals surface area contributed by atoms with Crippen LogP contribution in [0.5, 0.6) is 0 Å². The number of allylic oxidation sites excluding steroid dienone is 2. The summed E-state index contributed by atoms with van der Waals surface area (Å²) in [5, 5.41) is 0. The molecule has 15 heavy (non-hydrogen) atoms. The molecule has 0 aromatic rings. The van der Waals surface area contributed by atoms with Gasteiger partial charge < -0.3 is 9.05 Å². The van der Waals surface area contributed by atoms with Gasteiger partial charge in [-0.05, 0) is 25.0 Å². The summed E-state index contributed by atoms with van der Waals surface area (Å²) in [4.78, 5) is 9.06. The zero-order chi connectivity index (χ0) is 11.6. The van der Waals surface area contributed by atoms with E-state index >= 15 is 0 Å². The molecule has 0 rings (SSSR count). The molecule has 0 saturated carbocycles. The molecule has 0 aromatic carbocycles. The average Bonchev–Trinajstić information content (AvgIpc) is 2.20. The maximum Gasteiger partial charge on any atom is 0.583 e. The molecule has 88 valence electrons. The van der Waals surface area contributed by atoms with Crippen molar-refractivity contribution >= 4 is 31.0 Å². The fraction of sp³-hybridized carbons (Fsp3) is 0.500. The highest BCUT2D eigenvalue weighted by Crippen LogP contribution is 2.43. The van der Waals surface area contributed by atoms with Crippen molar-refractivity contribution in [2.45, 2.75) is 12.8 Å². The fourth-order valence-corrected chi connectivity index (χ4v) is 1.31. The molecule has 0 unspecified atom stereocenters. The quantitative estimate of drug-likeness (QED) is 0.419. The first-order chi connectivity index (χ1) is 7.12. The second-order valence-corrected chi connectivity index (χ2v) is 4.49. The predicted molar refractivity (Wildman–Crippen MR) is 60.9 cm³/mol. The molecule has 0 aliphatic carbocycles. The standard InChI is InChI=1S/C8H13Cl2O4P/c9-5-1-3-7-13-15(11,12)14-8-4-2-6-10/h3-4,7-8H,1-2,5-6H2,(H,11,12). The summed E-state index contributed by atoms with van der Waals surface area (Å²) in [5.41, 5.74) is 0. The Morgan fingerprint density at radius 3 is 1.80 bits per heavy atom. The zero-order valence-electron chi connectivity index (χ0n) is 8.01. The molecule has 0 atom stereocenters. The Morgan fingerprint density at radius 2 is 1.47 bits per heavy atom. The monoisotopic (exact) mass is 274 g/mol. The third-order valence-corrected chi connectivity index (χ3v) is 2.34. The Balaban J connectivity index is 3.81. The molecular weight excluding hydrogens is 262 g/mol. The van der Waals surface area contributed by atoms with E-state index in [4.69, 9.17) is 28.1 Å². The van der Waals surface area contributed by atoms with E-state index in [0.29, 0.717) is 24.6 Å². The molecule has 0 fully saturated rings. The highest BCUT2D eigenvalue weighted by atomic mass is 35.5. The topological polar surface area (TPSA) is 55.8 Å². The van der Waals surface area contributed by atoms with E-state index in [-0.39, 0.29) is 0 Å². The Kier molecular flexibility index (Phi) is 9.01. The smallest absolute Gasteiger partial charge is 0.404 e. The van der Waals surface area contributed by atoms with Crippen LogP contribution in [0.4, 0.5) is 0 Å². The maximum atomic E-state index is 11.1. The predicted octanol–water partition coefficient (Wildman–Crippen LogP) is 3.41. The fourth-order valence-electron chi connectivity index (χ4n) is 0.527. The molecule has 0 spiro atoms. The van der Waals surface area contributed by atoms with E-state index in [0.717, 1.165) is 12.5 Å². The molecular formula is C8H13Cl2O4P. The van der Waals surface area contributed by atoms with Gasteiger partial charge >= 0.3 is 7.82 Å². The van der Waals surface area contributed by atoms with Crippen LogP contribution in [0.1, 0.15) is 12.8 Å². The number of halogens is 2. The molecule has 0 amide bonds. The maximum absolute atomic E-state index is 11.1. The third-order valence-electron chi connectivity index (χ3n) is 1.13. The first-order valence-electron chi connectivity index (χ1n) is 4.24. The Hall–Kier alpha value is -0.150. The van der Waals surface area contributed by atoms with Crippen LogP contribution in [-0.2, 0) is 13.6 Å². The lowest BCUT2D eigenvalue weighted by Crippen LogP contribution is -1.84. The Morgan fingerprint density at radius 1 is 1.07 bits per heavy atom. The van der Waals surface area contributed by atoms with Crippen LogP contribution in [0.2, 0.25) is 0 Å². The normalized spacial score (nSPS) is 15.7. The number of alkyl halides is 2. The number of hydrogen-bond acceptors (Lipinski definition) is 3. The van der Waals surface area contributed by atoms with Gasteiger partial charge in [0.05, 0.1) is 12.5 Å².